The van der Waals surface area contributed by atoms with Crippen LogP contribution in [0.1, 0.15) is 5.56 Å². The minimum atomic E-state index is 0.789. The third kappa shape index (κ3) is 3.05. The normalized spacial score (nSPS) is 10.5. The molecule has 0 heterocycles. The molecule has 0 atom stereocenters. The van der Waals surface area contributed by atoms with E-state index in [-0.39, 0.29) is 0 Å². The summed E-state index contributed by atoms with van der Waals surface area (Å²) in [4.78, 5) is 0. The van der Waals surface area contributed by atoms with E-state index in [2.05, 4.69) is 11.5 Å². The lowest BCUT2D eigenvalue weighted by Crippen LogP contribution is -2.29. The zero-order chi connectivity index (χ0) is 9.68. The van der Waals surface area contributed by atoms with Crippen LogP contribution in [0.25, 0.3) is 0 Å². The van der Waals surface area contributed by atoms with Crippen molar-refractivity contribution in [2.45, 2.75) is 6.54 Å². The number of hydrogen-bond donors (Lipinski definition) is 1. The molecule has 1 rings (SSSR count). The molecule has 0 aliphatic carbocycles. The van der Waals surface area contributed by atoms with Gasteiger partial charge in [-0.2, -0.15) is 0 Å². The van der Waals surface area contributed by atoms with Crippen LogP contribution in [-0.2, 0) is 6.54 Å². The molecular formula is C10H16N2O. The number of benzene rings is 1. The second-order valence-electron chi connectivity index (χ2n) is 3.04. The van der Waals surface area contributed by atoms with Gasteiger partial charge in [0, 0.05) is 26.2 Å². The van der Waals surface area contributed by atoms with Crippen molar-refractivity contribution in [2.24, 2.45) is 0 Å². The number of rotatable bonds is 4. The highest BCUT2D eigenvalue weighted by atomic mass is 16.5. The molecule has 0 spiro atoms. The van der Waals surface area contributed by atoms with Gasteiger partial charge in [0.2, 0.25) is 0 Å². The van der Waals surface area contributed by atoms with Gasteiger partial charge in [0.1, 0.15) is 5.75 Å². The predicted octanol–water partition coefficient (Wildman–Crippen LogP) is 1.26. The van der Waals surface area contributed by atoms with Gasteiger partial charge < -0.3 is 4.74 Å². The van der Waals surface area contributed by atoms with Gasteiger partial charge in [0.25, 0.3) is 0 Å². The third-order valence-electron chi connectivity index (χ3n) is 1.78. The van der Waals surface area contributed by atoms with Crippen LogP contribution in [0.15, 0.2) is 24.3 Å². The standard InChI is InChI=1S/C10H16N2O/c1-12(2)11-8-9-6-4-5-7-10(9)13-3/h4-7,11H,8H2,1-3H3. The first-order chi connectivity index (χ1) is 6.24. The lowest BCUT2D eigenvalue weighted by molar-refractivity contribution is 0.283. The number of hydrazine groups is 1. The molecule has 0 fully saturated rings. The highest BCUT2D eigenvalue weighted by Crippen LogP contribution is 2.16. The van der Waals surface area contributed by atoms with E-state index < -0.39 is 0 Å². The third-order valence-corrected chi connectivity index (χ3v) is 1.78. The Morgan fingerprint density at radius 2 is 2.00 bits per heavy atom. The Labute approximate surface area is 79.3 Å². The van der Waals surface area contributed by atoms with Crippen molar-refractivity contribution in [3.63, 3.8) is 0 Å². The molecule has 3 heteroatoms. The highest BCUT2D eigenvalue weighted by Gasteiger charge is 2.00. The Hall–Kier alpha value is -1.06. The first-order valence-corrected chi connectivity index (χ1v) is 4.26. The SMILES string of the molecule is COc1ccccc1CNN(C)C. The summed E-state index contributed by atoms with van der Waals surface area (Å²) in [6, 6.07) is 8.00. The summed E-state index contributed by atoms with van der Waals surface area (Å²) < 4.78 is 5.22. The van der Waals surface area contributed by atoms with Crippen LogP contribution in [0.3, 0.4) is 0 Å². The van der Waals surface area contributed by atoms with Gasteiger partial charge in [-0.25, -0.2) is 0 Å². The van der Waals surface area contributed by atoms with Crippen LogP contribution in [0.4, 0.5) is 0 Å². The quantitative estimate of drug-likeness (QED) is 0.706. The fourth-order valence-electron chi connectivity index (χ4n) is 1.09. The van der Waals surface area contributed by atoms with Crippen LogP contribution in [0, 0.1) is 0 Å². The van der Waals surface area contributed by atoms with Crippen molar-refractivity contribution < 1.29 is 4.74 Å². The average Bonchev–Trinajstić information content (AvgIpc) is 2.15. The molecule has 3 nitrogen and oxygen atoms in total. The van der Waals surface area contributed by atoms with Crippen LogP contribution in [-0.4, -0.2) is 26.2 Å². The van der Waals surface area contributed by atoms with Crippen molar-refractivity contribution in [1.82, 2.24) is 10.4 Å². The average molecular weight is 180 g/mol. The van der Waals surface area contributed by atoms with E-state index in [0.29, 0.717) is 0 Å². The number of ether oxygens (including phenoxy) is 1. The molecule has 72 valence electrons. The maximum Gasteiger partial charge on any atom is 0.123 e. The zero-order valence-corrected chi connectivity index (χ0v) is 8.37. The molecule has 0 saturated heterocycles. The molecular weight excluding hydrogens is 164 g/mol. The number of nitrogens with one attached hydrogen (secondary N) is 1. The Kier molecular flexibility index (Phi) is 3.73. The van der Waals surface area contributed by atoms with Crippen molar-refractivity contribution in [1.29, 1.82) is 0 Å². The molecule has 0 radical (unpaired) electrons. The van der Waals surface area contributed by atoms with Crippen LogP contribution in [0.5, 0.6) is 5.75 Å². The molecule has 0 aliphatic heterocycles. The Morgan fingerprint density at radius 1 is 1.31 bits per heavy atom. The monoisotopic (exact) mass is 180 g/mol. The number of methoxy groups -OCH3 is 1. The predicted molar refractivity (Wildman–Crippen MR) is 53.5 cm³/mol. The number of nitrogens with zero attached hydrogens (tertiary/aromatic N) is 1. The van der Waals surface area contributed by atoms with Gasteiger partial charge in [-0.15, -0.1) is 0 Å². The molecule has 1 aromatic rings. The van der Waals surface area contributed by atoms with E-state index >= 15 is 0 Å². The summed E-state index contributed by atoms with van der Waals surface area (Å²) in [6.45, 7) is 0.789. The van der Waals surface area contributed by atoms with Crippen LogP contribution >= 0.6 is 0 Å². The van der Waals surface area contributed by atoms with Gasteiger partial charge in [-0.05, 0) is 6.07 Å². The second kappa shape index (κ2) is 4.84. The van der Waals surface area contributed by atoms with E-state index in [9.17, 15) is 0 Å². The van der Waals surface area contributed by atoms with Gasteiger partial charge in [0.15, 0.2) is 0 Å². The Morgan fingerprint density at radius 3 is 2.62 bits per heavy atom. The molecule has 0 unspecified atom stereocenters. The smallest absolute Gasteiger partial charge is 0.123 e. The highest BCUT2D eigenvalue weighted by molar-refractivity contribution is 5.32. The molecule has 0 bridgehead atoms. The van der Waals surface area contributed by atoms with Gasteiger partial charge >= 0.3 is 0 Å². The Balaban J connectivity index is 2.64. The van der Waals surface area contributed by atoms with Crippen LogP contribution in [0.2, 0.25) is 0 Å². The summed E-state index contributed by atoms with van der Waals surface area (Å²) in [6.07, 6.45) is 0. The molecule has 13 heavy (non-hydrogen) atoms. The first kappa shape index (κ1) is 10.0. The zero-order valence-electron chi connectivity index (χ0n) is 8.37. The van der Waals surface area contributed by atoms with Crippen molar-refractivity contribution in [2.75, 3.05) is 21.2 Å². The van der Waals surface area contributed by atoms with Gasteiger partial charge in [-0.1, -0.05) is 18.2 Å². The van der Waals surface area contributed by atoms with E-state index in [1.54, 1.807) is 7.11 Å². The molecule has 0 aromatic heterocycles. The van der Waals surface area contributed by atoms with Crippen molar-refractivity contribution in [3.05, 3.63) is 29.8 Å². The molecule has 1 aromatic carbocycles. The van der Waals surface area contributed by atoms with E-state index in [0.717, 1.165) is 12.3 Å². The summed E-state index contributed by atoms with van der Waals surface area (Å²) in [5, 5.41) is 1.92. The molecule has 0 aliphatic rings. The van der Waals surface area contributed by atoms with Gasteiger partial charge in [-0.3, -0.25) is 10.4 Å². The first-order valence-electron chi connectivity index (χ1n) is 4.26. The second-order valence-corrected chi connectivity index (χ2v) is 3.04. The summed E-state index contributed by atoms with van der Waals surface area (Å²) in [5.41, 5.74) is 4.36. The largest absolute Gasteiger partial charge is 0.496 e. The van der Waals surface area contributed by atoms with Gasteiger partial charge in [0.05, 0.1) is 7.11 Å². The van der Waals surface area contributed by atoms with E-state index in [4.69, 9.17) is 4.74 Å². The summed E-state index contributed by atoms with van der Waals surface area (Å²) in [7, 11) is 5.62. The lowest BCUT2D eigenvalue weighted by atomic mass is 10.2. The molecule has 1 N–H and O–H groups in total. The summed E-state index contributed by atoms with van der Waals surface area (Å²) >= 11 is 0. The van der Waals surface area contributed by atoms with Crippen molar-refractivity contribution in [3.8, 4) is 5.75 Å². The van der Waals surface area contributed by atoms with E-state index in [1.165, 1.54) is 5.56 Å². The fraction of sp³-hybridized carbons (Fsp3) is 0.400. The fourth-order valence-corrected chi connectivity index (χ4v) is 1.09. The number of para-hydroxylation sites is 1. The lowest BCUT2D eigenvalue weighted by Gasteiger charge is -2.13. The summed E-state index contributed by atoms with van der Waals surface area (Å²) in [5.74, 6) is 0.928. The topological polar surface area (TPSA) is 24.5 Å². The maximum atomic E-state index is 5.22. The maximum absolute atomic E-state index is 5.22. The Bertz CT molecular complexity index is 261. The molecule has 0 amide bonds. The van der Waals surface area contributed by atoms with Crippen LogP contribution < -0.4 is 10.2 Å². The van der Waals surface area contributed by atoms with Crippen molar-refractivity contribution >= 4 is 0 Å². The molecule has 0 saturated carbocycles. The number of hydrogen-bond acceptors (Lipinski definition) is 3. The minimum absolute atomic E-state index is 0.789. The minimum Gasteiger partial charge on any atom is -0.496 e. The van der Waals surface area contributed by atoms with E-state index in [1.807, 2.05) is 37.3 Å².